The van der Waals surface area contributed by atoms with Crippen molar-refractivity contribution in [1.82, 2.24) is 19.3 Å². The molecule has 1 aromatic heterocycles. The summed E-state index contributed by atoms with van der Waals surface area (Å²) in [7, 11) is 4.24. The Morgan fingerprint density at radius 1 is 1.05 bits per heavy atom. The van der Waals surface area contributed by atoms with Crippen LogP contribution in [0.25, 0.3) is 0 Å². The summed E-state index contributed by atoms with van der Waals surface area (Å²) in [5.41, 5.74) is 0.0780. The van der Waals surface area contributed by atoms with Crippen molar-refractivity contribution in [2.45, 2.75) is 25.3 Å². The van der Waals surface area contributed by atoms with E-state index in [0.717, 1.165) is 21.9 Å². The number of likely N-dealkylation sites (tertiary alicyclic amines) is 1. The Morgan fingerprint density at radius 3 is 2.43 bits per heavy atom. The standard InChI is InChI=1S/C26H29IN4O6/c1-28-23(34)26(24(35)29(2)25(28)36,10-15-8-18(27)22(33)20(9-15)37-3)14-30-11-16-7-17(13-30)19-5-4-6-21(32)31(19)12-16/h4-6,8-9,16-17,33H,7,10-14H2,1-3H3. The van der Waals surface area contributed by atoms with Gasteiger partial charge >= 0.3 is 6.03 Å². The molecule has 2 saturated heterocycles. The number of ether oxygens (including phenoxy) is 1. The fourth-order valence-corrected chi connectivity index (χ4v) is 6.88. The Kier molecular flexibility index (Phi) is 6.55. The maximum absolute atomic E-state index is 13.8. The number of benzene rings is 1. The van der Waals surface area contributed by atoms with Crippen molar-refractivity contribution in [3.63, 3.8) is 0 Å². The highest BCUT2D eigenvalue weighted by Gasteiger charge is 2.56. The van der Waals surface area contributed by atoms with Gasteiger partial charge in [0.25, 0.3) is 5.56 Å². The molecule has 0 spiro atoms. The van der Waals surface area contributed by atoms with Crippen molar-refractivity contribution >= 4 is 40.4 Å². The number of urea groups is 1. The number of aromatic nitrogens is 1. The predicted molar refractivity (Wildman–Crippen MR) is 142 cm³/mol. The lowest BCUT2D eigenvalue weighted by Gasteiger charge is -2.48. The summed E-state index contributed by atoms with van der Waals surface area (Å²) in [5, 5.41) is 10.3. The molecule has 2 aromatic rings. The molecule has 3 aliphatic heterocycles. The lowest BCUT2D eigenvalue weighted by molar-refractivity contribution is -0.159. The van der Waals surface area contributed by atoms with Crippen LogP contribution in [0.5, 0.6) is 11.5 Å². The molecule has 1 aromatic carbocycles. The summed E-state index contributed by atoms with van der Waals surface area (Å²) in [6, 6.07) is 8.02. The molecule has 5 rings (SSSR count). The second kappa shape index (κ2) is 9.43. The maximum atomic E-state index is 13.8. The number of phenols is 1. The van der Waals surface area contributed by atoms with E-state index in [2.05, 4.69) is 4.90 Å². The fourth-order valence-electron chi connectivity index (χ4n) is 6.21. The highest BCUT2D eigenvalue weighted by Crippen LogP contribution is 2.41. The summed E-state index contributed by atoms with van der Waals surface area (Å²) in [6.45, 7) is 1.97. The zero-order chi connectivity index (χ0) is 26.6. The van der Waals surface area contributed by atoms with Crippen molar-refractivity contribution in [2.24, 2.45) is 11.3 Å². The third-order valence-corrected chi connectivity index (χ3v) is 8.69. The van der Waals surface area contributed by atoms with Crippen LogP contribution < -0.4 is 10.3 Å². The Bertz CT molecular complexity index is 1330. The number of carbonyl (C=O) groups is 3. The third kappa shape index (κ3) is 4.21. The number of halogens is 1. The second-order valence-electron chi connectivity index (χ2n) is 10.3. The highest BCUT2D eigenvalue weighted by atomic mass is 127. The molecule has 0 radical (unpaired) electrons. The van der Waals surface area contributed by atoms with Gasteiger partial charge in [0.05, 0.1) is 10.7 Å². The zero-order valence-corrected chi connectivity index (χ0v) is 23.1. The van der Waals surface area contributed by atoms with Gasteiger partial charge in [0, 0.05) is 58.0 Å². The number of amides is 4. The molecule has 0 aliphatic carbocycles. The van der Waals surface area contributed by atoms with Gasteiger partial charge in [-0.15, -0.1) is 0 Å². The number of hydrogen-bond donors (Lipinski definition) is 1. The van der Waals surface area contributed by atoms with Gasteiger partial charge in [-0.1, -0.05) is 6.07 Å². The topological polar surface area (TPSA) is 112 Å². The number of rotatable bonds is 5. The Labute approximate surface area is 227 Å². The maximum Gasteiger partial charge on any atom is 0.332 e. The number of carbonyl (C=O) groups excluding carboxylic acids is 3. The zero-order valence-electron chi connectivity index (χ0n) is 20.9. The van der Waals surface area contributed by atoms with Crippen molar-refractivity contribution in [3.05, 3.63) is 55.5 Å². The summed E-state index contributed by atoms with van der Waals surface area (Å²) in [5.74, 6) is -0.530. The molecule has 196 valence electrons. The number of nitrogens with zero attached hydrogens (tertiary/aromatic N) is 4. The van der Waals surface area contributed by atoms with E-state index in [1.165, 1.54) is 21.2 Å². The van der Waals surface area contributed by atoms with Crippen LogP contribution in [0, 0.1) is 14.9 Å². The number of barbiturate groups is 1. The average molecular weight is 620 g/mol. The van der Waals surface area contributed by atoms with E-state index in [-0.39, 0.29) is 41.9 Å². The molecular weight excluding hydrogens is 591 g/mol. The summed E-state index contributed by atoms with van der Waals surface area (Å²) >= 11 is 1.98. The van der Waals surface area contributed by atoms with Gasteiger partial charge < -0.3 is 19.3 Å². The molecule has 0 saturated carbocycles. The SMILES string of the molecule is COc1cc(CC2(CN3CC4CC(C3)c3cccc(=O)n3C4)C(=O)N(C)C(=O)N(C)C2=O)cc(I)c1O. The fraction of sp³-hybridized carbons (Fsp3) is 0.462. The van der Waals surface area contributed by atoms with Gasteiger partial charge in [0.15, 0.2) is 11.5 Å². The van der Waals surface area contributed by atoms with Crippen LogP contribution >= 0.6 is 22.6 Å². The van der Waals surface area contributed by atoms with Gasteiger partial charge in [0.1, 0.15) is 5.41 Å². The van der Waals surface area contributed by atoms with Crippen molar-refractivity contribution in [3.8, 4) is 11.5 Å². The summed E-state index contributed by atoms with van der Waals surface area (Å²) in [6.07, 6.45) is 0.988. The quantitative estimate of drug-likeness (QED) is 0.402. The molecule has 2 bridgehead atoms. The predicted octanol–water partition coefficient (Wildman–Crippen LogP) is 1.87. The van der Waals surface area contributed by atoms with Crippen LogP contribution in [-0.4, -0.2) is 83.1 Å². The van der Waals surface area contributed by atoms with Gasteiger partial charge in [-0.05, 0) is 65.1 Å². The first-order chi connectivity index (χ1) is 17.6. The normalized spacial score (nSPS) is 23.3. The van der Waals surface area contributed by atoms with Crippen molar-refractivity contribution in [2.75, 3.05) is 40.8 Å². The number of fused-ring (bicyclic) bond motifs is 4. The molecular formula is C26H29IN4O6. The molecule has 37 heavy (non-hydrogen) atoms. The molecule has 3 aliphatic rings. The van der Waals surface area contributed by atoms with E-state index >= 15 is 0 Å². The summed E-state index contributed by atoms with van der Waals surface area (Å²) < 4.78 is 7.68. The lowest BCUT2D eigenvalue weighted by Crippen LogP contribution is -2.67. The number of pyridine rings is 1. The first-order valence-electron chi connectivity index (χ1n) is 12.1. The average Bonchev–Trinajstić information content (AvgIpc) is 2.88. The van der Waals surface area contributed by atoms with E-state index in [1.807, 2.05) is 33.2 Å². The molecule has 4 heterocycles. The molecule has 10 nitrogen and oxygen atoms in total. The first-order valence-corrected chi connectivity index (χ1v) is 13.2. The minimum Gasteiger partial charge on any atom is -0.504 e. The number of aromatic hydroxyl groups is 1. The first kappa shape index (κ1) is 25.7. The second-order valence-corrected chi connectivity index (χ2v) is 11.5. The van der Waals surface area contributed by atoms with Gasteiger partial charge in [0.2, 0.25) is 11.8 Å². The van der Waals surface area contributed by atoms with Crippen LogP contribution in [-0.2, 0) is 22.6 Å². The molecule has 11 heteroatoms. The van der Waals surface area contributed by atoms with Crippen LogP contribution in [0.15, 0.2) is 35.1 Å². The Morgan fingerprint density at radius 2 is 1.76 bits per heavy atom. The Hall–Kier alpha value is -2.93. The van der Waals surface area contributed by atoms with Gasteiger partial charge in [-0.25, -0.2) is 4.79 Å². The highest BCUT2D eigenvalue weighted by molar-refractivity contribution is 14.1. The summed E-state index contributed by atoms with van der Waals surface area (Å²) in [4.78, 5) is 56.8. The van der Waals surface area contributed by atoms with E-state index < -0.39 is 23.3 Å². The molecule has 2 unspecified atom stereocenters. The van der Waals surface area contributed by atoms with Crippen molar-refractivity contribution < 1.29 is 24.2 Å². The van der Waals surface area contributed by atoms with E-state index in [9.17, 15) is 24.3 Å². The van der Waals surface area contributed by atoms with Crippen molar-refractivity contribution in [1.29, 1.82) is 0 Å². The minimum atomic E-state index is -1.54. The molecule has 4 amide bonds. The van der Waals surface area contributed by atoms with Crippen LogP contribution in [0.1, 0.15) is 23.6 Å². The van der Waals surface area contributed by atoms with Gasteiger partial charge in [-0.3, -0.25) is 24.2 Å². The van der Waals surface area contributed by atoms with E-state index in [1.54, 1.807) is 24.3 Å². The number of hydrogen-bond acceptors (Lipinski definition) is 7. The molecule has 1 N–H and O–H groups in total. The number of piperidine rings is 1. The smallest absolute Gasteiger partial charge is 0.332 e. The molecule has 2 atom stereocenters. The minimum absolute atomic E-state index is 0.00704. The molecule has 2 fully saturated rings. The van der Waals surface area contributed by atoms with Crippen LogP contribution in [0.4, 0.5) is 4.79 Å². The van der Waals surface area contributed by atoms with Gasteiger partial charge in [-0.2, -0.15) is 0 Å². The van der Waals surface area contributed by atoms with Crippen LogP contribution in [0.3, 0.4) is 0 Å². The lowest BCUT2D eigenvalue weighted by atomic mass is 9.75. The number of methoxy groups -OCH3 is 1. The number of imide groups is 2. The Balaban J connectivity index is 1.53. The van der Waals surface area contributed by atoms with Crippen LogP contribution in [0.2, 0.25) is 0 Å². The monoisotopic (exact) mass is 620 g/mol. The van der Waals surface area contributed by atoms with E-state index in [4.69, 9.17) is 4.74 Å². The largest absolute Gasteiger partial charge is 0.504 e. The third-order valence-electron chi connectivity index (χ3n) is 7.86. The van der Waals surface area contributed by atoms with E-state index in [0.29, 0.717) is 28.8 Å². The number of phenolic OH excluding ortho intramolecular Hbond substituents is 1.